The highest BCUT2D eigenvalue weighted by atomic mass is 16.6. The molecule has 0 radical (unpaired) electrons. The van der Waals surface area contributed by atoms with E-state index in [0.717, 1.165) is 31.9 Å². The van der Waals surface area contributed by atoms with Gasteiger partial charge in [-0.25, -0.2) is 0 Å². The summed E-state index contributed by atoms with van der Waals surface area (Å²) in [4.78, 5) is 25.4. The molecule has 1 saturated heterocycles. The maximum absolute atomic E-state index is 11.0. The van der Waals surface area contributed by atoms with Crippen molar-refractivity contribution in [1.29, 1.82) is 0 Å². The van der Waals surface area contributed by atoms with Gasteiger partial charge in [-0.15, -0.1) is 0 Å². The van der Waals surface area contributed by atoms with Crippen LogP contribution in [0.25, 0.3) is 0 Å². The van der Waals surface area contributed by atoms with Crippen LogP contribution < -0.4 is 4.90 Å². The van der Waals surface area contributed by atoms with Crippen molar-refractivity contribution in [3.63, 3.8) is 0 Å². The largest absolute Gasteiger partial charge is 0.481 e. The van der Waals surface area contributed by atoms with Gasteiger partial charge in [0, 0.05) is 44.5 Å². The second kappa shape index (κ2) is 6.53. The third-order valence-electron chi connectivity index (χ3n) is 3.83. The number of hydrogen-bond donors (Lipinski definition) is 1. The van der Waals surface area contributed by atoms with Crippen molar-refractivity contribution >= 4 is 17.3 Å². The summed E-state index contributed by atoms with van der Waals surface area (Å²) in [5.41, 5.74) is 1.71. The van der Waals surface area contributed by atoms with Gasteiger partial charge in [-0.3, -0.25) is 19.8 Å². The van der Waals surface area contributed by atoms with Crippen molar-refractivity contribution in [3.8, 4) is 0 Å². The van der Waals surface area contributed by atoms with Crippen LogP contribution in [0, 0.1) is 17.0 Å². The van der Waals surface area contributed by atoms with E-state index in [9.17, 15) is 14.9 Å². The molecule has 1 heterocycles. The van der Waals surface area contributed by atoms with Crippen molar-refractivity contribution in [3.05, 3.63) is 33.9 Å². The first kappa shape index (κ1) is 15.2. The van der Waals surface area contributed by atoms with E-state index in [1.165, 1.54) is 6.07 Å². The molecule has 0 unspecified atom stereocenters. The van der Waals surface area contributed by atoms with E-state index in [2.05, 4.69) is 9.80 Å². The molecule has 0 bridgehead atoms. The number of anilines is 1. The first-order chi connectivity index (χ1) is 9.99. The summed E-state index contributed by atoms with van der Waals surface area (Å²) in [6, 6.07) is 5.12. The molecule has 7 nitrogen and oxygen atoms in total. The van der Waals surface area contributed by atoms with Gasteiger partial charge in [0.25, 0.3) is 5.69 Å². The average Bonchev–Trinajstić information content (AvgIpc) is 2.45. The van der Waals surface area contributed by atoms with E-state index in [4.69, 9.17) is 5.11 Å². The van der Waals surface area contributed by atoms with Gasteiger partial charge < -0.3 is 10.0 Å². The van der Waals surface area contributed by atoms with Crippen LogP contribution in [0.1, 0.15) is 12.0 Å². The van der Waals surface area contributed by atoms with Crippen LogP contribution in [0.3, 0.4) is 0 Å². The third kappa shape index (κ3) is 3.69. The zero-order valence-electron chi connectivity index (χ0n) is 12.0. The monoisotopic (exact) mass is 293 g/mol. The Labute approximate surface area is 122 Å². The molecule has 0 aliphatic carbocycles. The lowest BCUT2D eigenvalue weighted by Gasteiger charge is -2.36. The highest BCUT2D eigenvalue weighted by Gasteiger charge is 2.21. The average molecular weight is 293 g/mol. The molecule has 0 atom stereocenters. The van der Waals surface area contributed by atoms with Crippen molar-refractivity contribution in [1.82, 2.24) is 4.90 Å². The number of carboxylic acid groups (broad SMARTS) is 1. The molecule has 1 N–H and O–H groups in total. The number of aliphatic carboxylic acids is 1. The Morgan fingerprint density at radius 2 is 2.00 bits per heavy atom. The number of piperazine rings is 1. The molecule has 2 rings (SSSR count). The fourth-order valence-electron chi connectivity index (χ4n) is 2.62. The number of rotatable bonds is 5. The molecule has 21 heavy (non-hydrogen) atoms. The lowest BCUT2D eigenvalue weighted by molar-refractivity contribution is -0.385. The molecule has 0 spiro atoms. The molecule has 1 fully saturated rings. The fourth-order valence-corrected chi connectivity index (χ4v) is 2.62. The van der Waals surface area contributed by atoms with Crippen LogP contribution in [0.5, 0.6) is 0 Å². The van der Waals surface area contributed by atoms with E-state index in [1.807, 2.05) is 6.07 Å². The number of carbonyl (C=O) groups is 1. The summed E-state index contributed by atoms with van der Waals surface area (Å²) < 4.78 is 0. The molecule has 1 aromatic carbocycles. The number of carboxylic acids is 1. The summed E-state index contributed by atoms with van der Waals surface area (Å²) in [6.45, 7) is 5.37. The normalized spacial score (nSPS) is 16.0. The second-order valence-electron chi connectivity index (χ2n) is 5.15. The van der Waals surface area contributed by atoms with Gasteiger partial charge in [-0.1, -0.05) is 6.07 Å². The Hall–Kier alpha value is -2.15. The zero-order chi connectivity index (χ0) is 15.4. The molecular weight excluding hydrogens is 274 g/mol. The molecule has 1 aliphatic rings. The summed E-state index contributed by atoms with van der Waals surface area (Å²) in [7, 11) is 0. The van der Waals surface area contributed by atoms with Crippen LogP contribution in [0.4, 0.5) is 11.4 Å². The van der Waals surface area contributed by atoms with Crippen LogP contribution >= 0.6 is 0 Å². The number of nitro groups is 1. The minimum atomic E-state index is -0.785. The molecular formula is C14H19N3O4. The molecule has 1 aliphatic heterocycles. The maximum atomic E-state index is 11.0. The quantitative estimate of drug-likeness (QED) is 0.654. The molecule has 1 aromatic rings. The smallest absolute Gasteiger partial charge is 0.304 e. The lowest BCUT2D eigenvalue weighted by Crippen LogP contribution is -2.47. The van der Waals surface area contributed by atoms with Gasteiger partial charge in [-0.2, -0.15) is 0 Å². The van der Waals surface area contributed by atoms with Crippen LogP contribution in [0.15, 0.2) is 18.2 Å². The molecule has 0 amide bonds. The minimum absolute atomic E-state index is 0.140. The second-order valence-corrected chi connectivity index (χ2v) is 5.15. The Morgan fingerprint density at radius 1 is 1.33 bits per heavy atom. The Balaban J connectivity index is 2.01. The zero-order valence-corrected chi connectivity index (χ0v) is 12.0. The van der Waals surface area contributed by atoms with Gasteiger partial charge in [-0.05, 0) is 13.0 Å². The summed E-state index contributed by atoms with van der Waals surface area (Å²) >= 11 is 0. The van der Waals surface area contributed by atoms with E-state index in [1.54, 1.807) is 13.0 Å². The van der Waals surface area contributed by atoms with Crippen molar-refractivity contribution in [2.75, 3.05) is 37.6 Å². The van der Waals surface area contributed by atoms with Crippen LogP contribution in [-0.4, -0.2) is 53.6 Å². The number of benzene rings is 1. The summed E-state index contributed by atoms with van der Waals surface area (Å²) in [5.74, 6) is -0.785. The first-order valence-corrected chi connectivity index (χ1v) is 6.92. The first-order valence-electron chi connectivity index (χ1n) is 6.92. The highest BCUT2D eigenvalue weighted by Crippen LogP contribution is 2.28. The van der Waals surface area contributed by atoms with Gasteiger partial charge >= 0.3 is 5.97 Å². The number of hydrogen-bond acceptors (Lipinski definition) is 5. The van der Waals surface area contributed by atoms with E-state index in [-0.39, 0.29) is 17.0 Å². The number of nitro benzene ring substituents is 1. The third-order valence-corrected chi connectivity index (χ3v) is 3.83. The SMILES string of the molecule is Cc1c(N2CCN(CCC(=O)O)CC2)cccc1[N+](=O)[O-]. The predicted molar refractivity (Wildman–Crippen MR) is 78.7 cm³/mol. The Bertz CT molecular complexity index is 539. The van der Waals surface area contributed by atoms with Gasteiger partial charge in [0.1, 0.15) is 0 Å². The van der Waals surface area contributed by atoms with E-state index >= 15 is 0 Å². The topological polar surface area (TPSA) is 86.9 Å². The van der Waals surface area contributed by atoms with Crippen molar-refractivity contribution in [2.45, 2.75) is 13.3 Å². The lowest BCUT2D eigenvalue weighted by atomic mass is 10.1. The molecule has 7 heteroatoms. The summed E-state index contributed by atoms with van der Waals surface area (Å²) in [5, 5.41) is 19.7. The Kier molecular flexibility index (Phi) is 4.74. The van der Waals surface area contributed by atoms with Crippen LogP contribution in [0.2, 0.25) is 0 Å². The van der Waals surface area contributed by atoms with E-state index in [0.29, 0.717) is 12.1 Å². The van der Waals surface area contributed by atoms with Gasteiger partial charge in [0.15, 0.2) is 0 Å². The van der Waals surface area contributed by atoms with Crippen LogP contribution in [-0.2, 0) is 4.79 Å². The maximum Gasteiger partial charge on any atom is 0.304 e. The van der Waals surface area contributed by atoms with Crippen molar-refractivity contribution < 1.29 is 14.8 Å². The minimum Gasteiger partial charge on any atom is -0.481 e. The van der Waals surface area contributed by atoms with Crippen molar-refractivity contribution in [2.24, 2.45) is 0 Å². The number of nitrogens with zero attached hydrogens (tertiary/aromatic N) is 3. The fraction of sp³-hybridized carbons (Fsp3) is 0.500. The van der Waals surface area contributed by atoms with E-state index < -0.39 is 5.97 Å². The predicted octanol–water partition coefficient (Wildman–Crippen LogP) is 1.50. The highest BCUT2D eigenvalue weighted by molar-refractivity contribution is 5.66. The Morgan fingerprint density at radius 3 is 2.57 bits per heavy atom. The molecule has 0 aromatic heterocycles. The summed E-state index contributed by atoms with van der Waals surface area (Å²) in [6.07, 6.45) is 0.149. The van der Waals surface area contributed by atoms with Gasteiger partial charge in [0.2, 0.25) is 0 Å². The van der Waals surface area contributed by atoms with Gasteiger partial charge in [0.05, 0.1) is 16.9 Å². The molecule has 114 valence electrons. The molecule has 0 saturated carbocycles. The standard InChI is InChI=1S/C14H19N3O4/c1-11-12(3-2-4-13(11)17(20)21)16-9-7-15(8-10-16)6-5-14(18)19/h2-4H,5-10H2,1H3,(H,18,19).